The first-order chi connectivity index (χ1) is 9.74. The Morgan fingerprint density at radius 1 is 1.20 bits per heavy atom. The number of carbonyl (C=O) groups is 1. The Bertz CT molecular complexity index is 659. The van der Waals surface area contributed by atoms with Crippen LogP contribution in [-0.4, -0.2) is 13.1 Å². The van der Waals surface area contributed by atoms with Crippen molar-refractivity contribution in [3.8, 4) is 11.8 Å². The van der Waals surface area contributed by atoms with E-state index >= 15 is 0 Å². The zero-order chi connectivity index (χ0) is 14.4. The van der Waals surface area contributed by atoms with Crippen molar-refractivity contribution in [1.29, 1.82) is 5.26 Å². The van der Waals surface area contributed by atoms with Crippen LogP contribution in [0.1, 0.15) is 21.5 Å². The van der Waals surface area contributed by atoms with Crippen molar-refractivity contribution in [2.75, 3.05) is 7.11 Å². The maximum atomic E-state index is 11.9. The first-order valence-electron chi connectivity index (χ1n) is 6.04. The highest BCUT2D eigenvalue weighted by molar-refractivity contribution is 5.89. The third-order valence-corrected chi connectivity index (χ3v) is 2.78. The SMILES string of the molecule is COc1ccccc1COC(=O)c1cccc(C#N)c1. The Hall–Kier alpha value is -2.80. The van der Waals surface area contributed by atoms with Crippen molar-refractivity contribution in [3.63, 3.8) is 0 Å². The smallest absolute Gasteiger partial charge is 0.338 e. The van der Waals surface area contributed by atoms with Crippen molar-refractivity contribution < 1.29 is 14.3 Å². The van der Waals surface area contributed by atoms with E-state index in [4.69, 9.17) is 14.7 Å². The van der Waals surface area contributed by atoms with Crippen LogP contribution >= 0.6 is 0 Å². The molecule has 2 rings (SSSR count). The molecule has 2 aromatic rings. The number of ether oxygens (including phenoxy) is 2. The summed E-state index contributed by atoms with van der Waals surface area (Å²) in [6, 6.07) is 15.7. The van der Waals surface area contributed by atoms with Crippen LogP contribution in [0.4, 0.5) is 0 Å². The number of nitrogens with zero attached hydrogens (tertiary/aromatic N) is 1. The van der Waals surface area contributed by atoms with Gasteiger partial charge < -0.3 is 9.47 Å². The number of hydrogen-bond donors (Lipinski definition) is 0. The third kappa shape index (κ3) is 3.15. The fraction of sp³-hybridized carbons (Fsp3) is 0.125. The standard InChI is InChI=1S/C16H13NO3/c1-19-15-8-3-2-6-14(15)11-20-16(18)13-7-4-5-12(9-13)10-17/h2-9H,11H2,1H3. The molecule has 0 N–H and O–H groups in total. The molecule has 0 spiro atoms. The predicted molar refractivity (Wildman–Crippen MR) is 73.3 cm³/mol. The van der Waals surface area contributed by atoms with Gasteiger partial charge in [-0.05, 0) is 24.3 Å². The highest BCUT2D eigenvalue weighted by Crippen LogP contribution is 2.18. The van der Waals surface area contributed by atoms with Gasteiger partial charge >= 0.3 is 5.97 Å². The fourth-order valence-electron chi connectivity index (χ4n) is 1.76. The summed E-state index contributed by atoms with van der Waals surface area (Å²) in [4.78, 5) is 11.9. The van der Waals surface area contributed by atoms with Crippen LogP contribution < -0.4 is 4.74 Å². The van der Waals surface area contributed by atoms with Gasteiger partial charge in [-0.25, -0.2) is 4.79 Å². The van der Waals surface area contributed by atoms with E-state index in [9.17, 15) is 4.79 Å². The highest BCUT2D eigenvalue weighted by atomic mass is 16.5. The average Bonchev–Trinajstić information content (AvgIpc) is 2.52. The lowest BCUT2D eigenvalue weighted by Crippen LogP contribution is -2.06. The van der Waals surface area contributed by atoms with Crippen LogP contribution in [0.3, 0.4) is 0 Å². The number of hydrogen-bond acceptors (Lipinski definition) is 4. The number of para-hydroxylation sites is 1. The Morgan fingerprint density at radius 3 is 2.75 bits per heavy atom. The summed E-state index contributed by atoms with van der Waals surface area (Å²) in [6.07, 6.45) is 0. The third-order valence-electron chi connectivity index (χ3n) is 2.78. The lowest BCUT2D eigenvalue weighted by atomic mass is 10.1. The second-order valence-electron chi connectivity index (χ2n) is 4.08. The molecule has 0 aliphatic carbocycles. The maximum Gasteiger partial charge on any atom is 0.338 e. The summed E-state index contributed by atoms with van der Waals surface area (Å²) >= 11 is 0. The summed E-state index contributed by atoms with van der Waals surface area (Å²) in [6.45, 7) is 0.125. The lowest BCUT2D eigenvalue weighted by molar-refractivity contribution is 0.0470. The molecule has 0 heterocycles. The molecule has 2 aromatic carbocycles. The van der Waals surface area contributed by atoms with Gasteiger partial charge in [0.1, 0.15) is 12.4 Å². The van der Waals surface area contributed by atoms with E-state index in [2.05, 4.69) is 0 Å². The molecule has 0 amide bonds. The van der Waals surface area contributed by atoms with Crippen molar-refractivity contribution in [2.45, 2.75) is 6.61 Å². The van der Waals surface area contributed by atoms with Crippen molar-refractivity contribution >= 4 is 5.97 Å². The van der Waals surface area contributed by atoms with Gasteiger partial charge in [0.2, 0.25) is 0 Å². The molecule has 0 bridgehead atoms. The zero-order valence-electron chi connectivity index (χ0n) is 11.0. The van der Waals surface area contributed by atoms with Crippen LogP contribution in [0.5, 0.6) is 5.75 Å². The van der Waals surface area contributed by atoms with E-state index in [0.717, 1.165) is 5.56 Å². The minimum absolute atomic E-state index is 0.125. The molecule has 0 saturated carbocycles. The molecular formula is C16H13NO3. The van der Waals surface area contributed by atoms with Gasteiger partial charge in [0, 0.05) is 5.56 Å². The number of carbonyl (C=O) groups excluding carboxylic acids is 1. The van der Waals surface area contributed by atoms with E-state index in [1.165, 1.54) is 6.07 Å². The molecule has 0 radical (unpaired) electrons. The molecule has 100 valence electrons. The summed E-state index contributed by atoms with van der Waals surface area (Å²) in [5.41, 5.74) is 1.58. The molecule has 4 heteroatoms. The molecular weight excluding hydrogens is 254 g/mol. The van der Waals surface area contributed by atoms with Crippen LogP contribution in [0.25, 0.3) is 0 Å². The van der Waals surface area contributed by atoms with E-state index in [0.29, 0.717) is 16.9 Å². The van der Waals surface area contributed by atoms with Crippen LogP contribution in [0.15, 0.2) is 48.5 Å². The lowest BCUT2D eigenvalue weighted by Gasteiger charge is -2.09. The number of esters is 1. The summed E-state index contributed by atoms with van der Waals surface area (Å²) in [5.74, 6) is 0.207. The van der Waals surface area contributed by atoms with Gasteiger partial charge in [0.25, 0.3) is 0 Å². The maximum absolute atomic E-state index is 11.9. The molecule has 0 aromatic heterocycles. The molecule has 4 nitrogen and oxygen atoms in total. The second kappa shape index (κ2) is 6.39. The Balaban J connectivity index is 2.07. The zero-order valence-corrected chi connectivity index (χ0v) is 11.0. The van der Waals surface area contributed by atoms with E-state index in [-0.39, 0.29) is 6.61 Å². The van der Waals surface area contributed by atoms with Gasteiger partial charge in [-0.3, -0.25) is 0 Å². The largest absolute Gasteiger partial charge is 0.496 e. The van der Waals surface area contributed by atoms with Gasteiger partial charge in [-0.15, -0.1) is 0 Å². The molecule has 0 unspecified atom stereocenters. The Labute approximate surface area is 117 Å². The summed E-state index contributed by atoms with van der Waals surface area (Å²) in [5, 5.41) is 8.80. The minimum Gasteiger partial charge on any atom is -0.496 e. The first-order valence-corrected chi connectivity index (χ1v) is 6.04. The predicted octanol–water partition coefficient (Wildman–Crippen LogP) is 2.92. The van der Waals surface area contributed by atoms with Crippen molar-refractivity contribution in [2.24, 2.45) is 0 Å². The molecule has 0 aliphatic heterocycles. The summed E-state index contributed by atoms with van der Waals surface area (Å²) < 4.78 is 10.4. The van der Waals surface area contributed by atoms with Gasteiger partial charge in [-0.1, -0.05) is 24.3 Å². The van der Waals surface area contributed by atoms with Crippen LogP contribution in [0.2, 0.25) is 0 Å². The average molecular weight is 267 g/mol. The van der Waals surface area contributed by atoms with Crippen molar-refractivity contribution in [1.82, 2.24) is 0 Å². The Morgan fingerprint density at radius 2 is 2.00 bits per heavy atom. The molecule has 0 saturated heterocycles. The molecule has 20 heavy (non-hydrogen) atoms. The normalized spacial score (nSPS) is 9.60. The van der Waals surface area contributed by atoms with Crippen LogP contribution in [-0.2, 0) is 11.3 Å². The highest BCUT2D eigenvalue weighted by Gasteiger charge is 2.09. The van der Waals surface area contributed by atoms with Crippen LogP contribution in [0, 0.1) is 11.3 Å². The monoisotopic (exact) mass is 267 g/mol. The number of benzene rings is 2. The number of nitriles is 1. The number of rotatable bonds is 4. The molecule has 0 aliphatic rings. The van der Waals surface area contributed by atoms with Gasteiger partial charge in [0.15, 0.2) is 0 Å². The fourth-order valence-corrected chi connectivity index (χ4v) is 1.76. The van der Waals surface area contributed by atoms with Gasteiger partial charge in [0.05, 0.1) is 24.3 Å². The van der Waals surface area contributed by atoms with E-state index in [1.807, 2.05) is 24.3 Å². The first kappa shape index (κ1) is 13.6. The molecule has 0 fully saturated rings. The minimum atomic E-state index is -0.465. The number of methoxy groups -OCH3 is 1. The van der Waals surface area contributed by atoms with Gasteiger partial charge in [-0.2, -0.15) is 5.26 Å². The quantitative estimate of drug-likeness (QED) is 0.799. The van der Waals surface area contributed by atoms with E-state index < -0.39 is 5.97 Å². The summed E-state index contributed by atoms with van der Waals surface area (Å²) in [7, 11) is 1.57. The van der Waals surface area contributed by atoms with E-state index in [1.54, 1.807) is 31.4 Å². The molecule has 0 atom stereocenters. The Kier molecular flexibility index (Phi) is 4.35. The topological polar surface area (TPSA) is 59.3 Å². The van der Waals surface area contributed by atoms with Crippen molar-refractivity contribution in [3.05, 3.63) is 65.2 Å². The second-order valence-corrected chi connectivity index (χ2v) is 4.08.